The van der Waals surface area contributed by atoms with Crippen molar-refractivity contribution in [1.29, 1.82) is 0 Å². The fraction of sp³-hybridized carbons (Fsp3) is 0.533. The predicted molar refractivity (Wildman–Crippen MR) is 76.0 cm³/mol. The Bertz CT molecular complexity index is 435. The number of halogens is 2. The van der Waals surface area contributed by atoms with Gasteiger partial charge >= 0.3 is 0 Å². The second-order valence-electron chi connectivity index (χ2n) is 5.94. The second-order valence-corrected chi connectivity index (χ2v) is 6.79. The number of benzene rings is 1. The Morgan fingerprint density at radius 2 is 2.00 bits per heavy atom. The average molecular weight is 315 g/mol. The van der Waals surface area contributed by atoms with Crippen molar-refractivity contribution in [1.82, 2.24) is 0 Å². The van der Waals surface area contributed by atoms with E-state index in [1.54, 1.807) is 12.1 Å². The van der Waals surface area contributed by atoms with E-state index in [9.17, 15) is 9.18 Å². The molecule has 1 nitrogen and oxygen atoms in total. The molecule has 0 amide bonds. The lowest BCUT2D eigenvalue weighted by molar-refractivity contribution is -0.120. The smallest absolute Gasteiger partial charge is 0.137 e. The van der Waals surface area contributed by atoms with E-state index in [0.717, 1.165) is 5.56 Å². The van der Waals surface area contributed by atoms with E-state index in [1.165, 1.54) is 6.07 Å². The molecule has 18 heavy (non-hydrogen) atoms. The summed E-state index contributed by atoms with van der Waals surface area (Å²) in [6, 6.07) is 4.73. The Morgan fingerprint density at radius 1 is 1.39 bits per heavy atom. The lowest BCUT2D eigenvalue weighted by Gasteiger charge is -2.26. The van der Waals surface area contributed by atoms with Gasteiger partial charge in [-0.15, -0.1) is 0 Å². The molecule has 0 aliphatic rings. The van der Waals surface area contributed by atoms with E-state index in [0.29, 0.717) is 23.2 Å². The van der Waals surface area contributed by atoms with Crippen molar-refractivity contribution in [2.45, 2.75) is 40.5 Å². The highest BCUT2D eigenvalue weighted by Crippen LogP contribution is 2.28. The van der Waals surface area contributed by atoms with Gasteiger partial charge in [-0.3, -0.25) is 4.79 Å². The molecule has 100 valence electrons. The summed E-state index contributed by atoms with van der Waals surface area (Å²) < 4.78 is 13.5. The van der Waals surface area contributed by atoms with Crippen molar-refractivity contribution >= 4 is 21.7 Å². The third-order valence-electron chi connectivity index (χ3n) is 3.40. The van der Waals surface area contributed by atoms with Crippen LogP contribution >= 0.6 is 15.9 Å². The van der Waals surface area contributed by atoms with Gasteiger partial charge in [0.05, 0.1) is 4.47 Å². The molecule has 0 spiro atoms. The summed E-state index contributed by atoms with van der Waals surface area (Å²) in [6.45, 7) is 8.51. The topological polar surface area (TPSA) is 17.1 Å². The van der Waals surface area contributed by atoms with E-state index in [-0.39, 0.29) is 17.0 Å². The Labute approximate surface area is 117 Å². The first-order valence-electron chi connectivity index (χ1n) is 6.16. The molecule has 1 atom stereocenters. The number of carbonyl (C=O) groups excluding carboxylic acids is 1. The largest absolute Gasteiger partial charge is 0.299 e. The Morgan fingerprint density at radius 3 is 2.50 bits per heavy atom. The van der Waals surface area contributed by atoms with Crippen molar-refractivity contribution in [3.8, 4) is 0 Å². The van der Waals surface area contributed by atoms with Gasteiger partial charge in [-0.05, 0) is 45.0 Å². The maximum atomic E-state index is 13.1. The van der Waals surface area contributed by atoms with Gasteiger partial charge in [-0.2, -0.15) is 0 Å². The minimum atomic E-state index is -0.297. The molecular formula is C15H20BrFO. The number of hydrogen-bond acceptors (Lipinski definition) is 1. The van der Waals surface area contributed by atoms with Gasteiger partial charge in [0.25, 0.3) is 0 Å². The zero-order valence-electron chi connectivity index (χ0n) is 11.4. The maximum Gasteiger partial charge on any atom is 0.137 e. The third kappa shape index (κ3) is 4.52. The van der Waals surface area contributed by atoms with Crippen LogP contribution in [0.5, 0.6) is 0 Å². The molecule has 0 aromatic heterocycles. The predicted octanol–water partition coefficient (Wildman–Crippen LogP) is 4.77. The molecule has 1 aromatic carbocycles. The van der Waals surface area contributed by atoms with Crippen LogP contribution in [0.25, 0.3) is 0 Å². The van der Waals surface area contributed by atoms with Gasteiger partial charge in [-0.1, -0.05) is 33.8 Å². The molecule has 1 unspecified atom stereocenters. The van der Waals surface area contributed by atoms with Crippen molar-refractivity contribution in [2.24, 2.45) is 11.3 Å². The minimum absolute atomic E-state index is 0.138. The summed E-state index contributed by atoms with van der Waals surface area (Å²) in [5.74, 6) is 0.249. The summed E-state index contributed by atoms with van der Waals surface area (Å²) in [4.78, 5) is 12.0. The summed E-state index contributed by atoms with van der Waals surface area (Å²) in [7, 11) is 0. The van der Waals surface area contributed by atoms with Gasteiger partial charge in [0.15, 0.2) is 0 Å². The van der Waals surface area contributed by atoms with Gasteiger partial charge < -0.3 is 0 Å². The molecule has 0 saturated heterocycles. The zero-order chi connectivity index (χ0) is 13.9. The van der Waals surface area contributed by atoms with Crippen LogP contribution in [0.15, 0.2) is 22.7 Å². The minimum Gasteiger partial charge on any atom is -0.299 e. The summed E-state index contributed by atoms with van der Waals surface area (Å²) in [6.07, 6.45) is 0.942. The first-order valence-corrected chi connectivity index (χ1v) is 6.95. The highest BCUT2D eigenvalue weighted by atomic mass is 79.9. The molecule has 0 bridgehead atoms. The Kier molecular flexibility index (Phi) is 5.09. The molecule has 0 N–H and O–H groups in total. The third-order valence-corrected chi connectivity index (χ3v) is 4.01. The number of carbonyl (C=O) groups is 1. The van der Waals surface area contributed by atoms with Crippen molar-refractivity contribution in [3.63, 3.8) is 0 Å². The fourth-order valence-corrected chi connectivity index (χ4v) is 2.02. The van der Waals surface area contributed by atoms with E-state index in [4.69, 9.17) is 0 Å². The van der Waals surface area contributed by atoms with Crippen LogP contribution in [0, 0.1) is 17.2 Å². The maximum absolute atomic E-state index is 13.1. The van der Waals surface area contributed by atoms with Crippen LogP contribution in [0.2, 0.25) is 0 Å². The monoisotopic (exact) mass is 314 g/mol. The molecule has 1 aromatic rings. The highest BCUT2D eigenvalue weighted by Gasteiger charge is 2.22. The lowest BCUT2D eigenvalue weighted by Crippen LogP contribution is -2.21. The van der Waals surface area contributed by atoms with E-state index >= 15 is 0 Å². The van der Waals surface area contributed by atoms with Crippen LogP contribution in [0.3, 0.4) is 0 Å². The normalized spacial score (nSPS) is 13.4. The van der Waals surface area contributed by atoms with Gasteiger partial charge in [0, 0.05) is 12.8 Å². The average Bonchev–Trinajstić information content (AvgIpc) is 2.22. The van der Waals surface area contributed by atoms with Crippen LogP contribution in [0.4, 0.5) is 4.39 Å². The summed E-state index contributed by atoms with van der Waals surface area (Å²) >= 11 is 3.13. The molecule has 0 aliphatic carbocycles. The van der Waals surface area contributed by atoms with Crippen LogP contribution < -0.4 is 0 Å². The van der Waals surface area contributed by atoms with Gasteiger partial charge in [-0.25, -0.2) is 4.39 Å². The van der Waals surface area contributed by atoms with Crippen molar-refractivity contribution < 1.29 is 9.18 Å². The molecule has 0 saturated carbocycles. The number of rotatable bonds is 4. The van der Waals surface area contributed by atoms with Crippen molar-refractivity contribution in [2.75, 3.05) is 0 Å². The fourth-order valence-electron chi connectivity index (χ4n) is 1.60. The lowest BCUT2D eigenvalue weighted by atomic mass is 9.79. The highest BCUT2D eigenvalue weighted by molar-refractivity contribution is 9.10. The Balaban J connectivity index is 2.62. The summed E-state index contributed by atoms with van der Waals surface area (Å²) in [5.41, 5.74) is 0.994. The first kappa shape index (κ1) is 15.4. The Hall–Kier alpha value is -0.700. The van der Waals surface area contributed by atoms with Crippen molar-refractivity contribution in [3.05, 3.63) is 34.1 Å². The van der Waals surface area contributed by atoms with E-state index < -0.39 is 0 Å². The number of hydrogen-bond donors (Lipinski definition) is 0. The SMILES string of the molecule is CC(CC(=O)Cc1ccc(F)c(Br)c1)C(C)(C)C. The van der Waals surface area contributed by atoms with E-state index in [2.05, 4.69) is 43.6 Å². The number of ketones is 1. The van der Waals surface area contributed by atoms with Crippen LogP contribution in [0.1, 0.15) is 39.7 Å². The standard InChI is InChI=1S/C15H20BrFO/c1-10(15(2,3)4)7-12(18)8-11-5-6-14(17)13(16)9-11/h5-6,9-10H,7-8H2,1-4H3. The second kappa shape index (κ2) is 5.96. The molecule has 0 aliphatic heterocycles. The zero-order valence-corrected chi connectivity index (χ0v) is 13.0. The van der Waals surface area contributed by atoms with Crippen LogP contribution in [-0.4, -0.2) is 5.78 Å². The molecular weight excluding hydrogens is 295 g/mol. The quantitative estimate of drug-likeness (QED) is 0.782. The van der Waals surface area contributed by atoms with E-state index in [1.807, 2.05) is 0 Å². The van der Waals surface area contributed by atoms with Gasteiger partial charge in [0.2, 0.25) is 0 Å². The molecule has 3 heteroatoms. The molecule has 0 radical (unpaired) electrons. The molecule has 0 fully saturated rings. The van der Waals surface area contributed by atoms with Gasteiger partial charge in [0.1, 0.15) is 11.6 Å². The number of Topliss-reactive ketones (excluding diaryl/α,β-unsaturated/α-hetero) is 1. The molecule has 1 rings (SSSR count). The molecule has 0 heterocycles. The first-order chi connectivity index (χ1) is 8.20. The summed E-state index contributed by atoms with van der Waals surface area (Å²) in [5, 5.41) is 0. The van der Waals surface area contributed by atoms with Crippen LogP contribution in [-0.2, 0) is 11.2 Å².